The lowest BCUT2D eigenvalue weighted by Gasteiger charge is -2.07. The van der Waals surface area contributed by atoms with Crippen LogP contribution in [-0.4, -0.2) is 36.3 Å². The quantitative estimate of drug-likeness (QED) is 0.726. The van der Waals surface area contributed by atoms with Crippen LogP contribution >= 0.6 is 23.7 Å². The molecule has 1 aromatic carbocycles. The molecule has 0 spiro atoms. The number of thiazole rings is 1. The van der Waals surface area contributed by atoms with E-state index in [4.69, 9.17) is 5.73 Å². The van der Waals surface area contributed by atoms with E-state index in [1.807, 2.05) is 0 Å². The molecule has 0 aliphatic rings. The molecule has 0 atom stereocenters. The monoisotopic (exact) mass is 384 g/mol. The van der Waals surface area contributed by atoms with Gasteiger partial charge in [0.25, 0.3) is 0 Å². The number of halogens is 4. The first-order valence-corrected chi connectivity index (χ1v) is 7.01. The Kier molecular flexibility index (Phi) is 6.75. The second kappa shape index (κ2) is 8.13. The minimum atomic E-state index is -4.78. The van der Waals surface area contributed by atoms with Gasteiger partial charge >= 0.3 is 6.36 Å². The van der Waals surface area contributed by atoms with Crippen LogP contribution in [0.2, 0.25) is 0 Å². The van der Waals surface area contributed by atoms with E-state index in [9.17, 15) is 22.8 Å². The van der Waals surface area contributed by atoms with Crippen molar-refractivity contribution in [2.45, 2.75) is 6.36 Å². The lowest BCUT2D eigenvalue weighted by atomic mass is 10.3. The Morgan fingerprint density at radius 3 is 2.62 bits per heavy atom. The lowest BCUT2D eigenvalue weighted by molar-refractivity contribution is -0.274. The van der Waals surface area contributed by atoms with E-state index in [1.165, 1.54) is 12.1 Å². The lowest BCUT2D eigenvalue weighted by Crippen LogP contribution is -2.36. The highest BCUT2D eigenvalue weighted by Crippen LogP contribution is 2.31. The Balaban J connectivity index is 0.00000288. The molecule has 4 N–H and O–H groups in total. The fourth-order valence-electron chi connectivity index (χ4n) is 1.57. The summed E-state index contributed by atoms with van der Waals surface area (Å²) >= 11 is 0.978. The molecule has 12 heteroatoms. The van der Waals surface area contributed by atoms with Crippen molar-refractivity contribution in [1.82, 2.24) is 10.3 Å². The summed E-state index contributed by atoms with van der Waals surface area (Å²) in [6, 6.07) is 3.65. The molecule has 0 aliphatic heterocycles. The normalized spacial score (nSPS) is 10.8. The molecule has 1 aromatic heterocycles. The largest absolute Gasteiger partial charge is 0.573 e. The first kappa shape index (κ1) is 19.9. The Morgan fingerprint density at radius 1 is 1.29 bits per heavy atom. The predicted octanol–water partition coefficient (Wildman–Crippen LogP) is 1.63. The van der Waals surface area contributed by atoms with Crippen LogP contribution in [0, 0.1) is 0 Å². The number of ether oxygens (including phenoxy) is 1. The molecule has 1 heterocycles. The average molecular weight is 385 g/mol. The highest BCUT2D eigenvalue weighted by atomic mass is 35.5. The minimum Gasteiger partial charge on any atom is -0.406 e. The minimum absolute atomic E-state index is 0. The number of nitrogens with zero attached hydrogens (tertiary/aromatic N) is 1. The number of rotatable bonds is 5. The number of nitrogens with one attached hydrogen (secondary N) is 2. The van der Waals surface area contributed by atoms with E-state index >= 15 is 0 Å². The average Bonchev–Trinajstić information content (AvgIpc) is 2.84. The number of nitrogens with two attached hydrogens (primary N) is 1. The van der Waals surface area contributed by atoms with Crippen molar-refractivity contribution >= 4 is 50.9 Å². The molecule has 132 valence electrons. The van der Waals surface area contributed by atoms with Gasteiger partial charge in [0.15, 0.2) is 5.13 Å². The van der Waals surface area contributed by atoms with Gasteiger partial charge in [-0.2, -0.15) is 0 Å². The number of alkyl halides is 3. The number of hydrogen-bond donors (Lipinski definition) is 3. The molecular formula is C12H12ClF3N4O3S. The molecule has 0 bridgehead atoms. The molecule has 2 aromatic rings. The van der Waals surface area contributed by atoms with Gasteiger partial charge in [0.2, 0.25) is 11.8 Å². The van der Waals surface area contributed by atoms with E-state index in [-0.39, 0.29) is 36.4 Å². The number of hydrogen-bond acceptors (Lipinski definition) is 6. The Labute approximate surface area is 143 Å². The van der Waals surface area contributed by atoms with Crippen molar-refractivity contribution in [3.8, 4) is 5.75 Å². The van der Waals surface area contributed by atoms with Crippen molar-refractivity contribution in [3.63, 3.8) is 0 Å². The van der Waals surface area contributed by atoms with E-state index in [1.54, 1.807) is 0 Å². The van der Waals surface area contributed by atoms with E-state index in [0.717, 1.165) is 17.4 Å². The number of aromatic nitrogens is 1. The van der Waals surface area contributed by atoms with Crippen molar-refractivity contribution in [2.24, 2.45) is 5.73 Å². The maximum Gasteiger partial charge on any atom is 0.573 e. The summed E-state index contributed by atoms with van der Waals surface area (Å²) in [6.45, 7) is -0.523. The zero-order chi connectivity index (χ0) is 17.0. The second-order valence-electron chi connectivity index (χ2n) is 4.23. The van der Waals surface area contributed by atoms with Gasteiger partial charge in [-0.1, -0.05) is 11.3 Å². The van der Waals surface area contributed by atoms with Gasteiger partial charge in [0.1, 0.15) is 5.75 Å². The Bertz CT molecular complexity index is 738. The zero-order valence-corrected chi connectivity index (χ0v) is 13.5. The van der Waals surface area contributed by atoms with Crippen LogP contribution in [0.4, 0.5) is 18.3 Å². The number of anilines is 1. The van der Waals surface area contributed by atoms with Crippen LogP contribution in [0.5, 0.6) is 5.75 Å². The van der Waals surface area contributed by atoms with Crippen molar-refractivity contribution < 1.29 is 27.5 Å². The zero-order valence-electron chi connectivity index (χ0n) is 11.8. The molecule has 7 nitrogen and oxygen atoms in total. The van der Waals surface area contributed by atoms with Gasteiger partial charge in [-0.05, 0) is 12.1 Å². The van der Waals surface area contributed by atoms with E-state index in [0.29, 0.717) is 10.2 Å². The van der Waals surface area contributed by atoms with Crippen LogP contribution in [0.25, 0.3) is 10.2 Å². The number of amides is 2. The summed E-state index contributed by atoms with van der Waals surface area (Å²) in [5, 5.41) is 4.90. The number of carbonyl (C=O) groups is 2. The summed E-state index contributed by atoms with van der Waals surface area (Å²) in [4.78, 5) is 26.6. The summed E-state index contributed by atoms with van der Waals surface area (Å²) in [7, 11) is 0. The first-order chi connectivity index (χ1) is 10.8. The van der Waals surface area contributed by atoms with Gasteiger partial charge in [0.05, 0.1) is 23.3 Å². The third-order valence-electron chi connectivity index (χ3n) is 2.47. The third-order valence-corrected chi connectivity index (χ3v) is 3.40. The van der Waals surface area contributed by atoms with Crippen molar-refractivity contribution in [2.75, 3.05) is 18.4 Å². The molecule has 24 heavy (non-hydrogen) atoms. The SMILES string of the molecule is Cl.NCC(=O)NCC(=O)Nc1nc2ccc(OC(F)(F)F)cc2s1. The van der Waals surface area contributed by atoms with Crippen LogP contribution in [0.3, 0.4) is 0 Å². The summed E-state index contributed by atoms with van der Waals surface area (Å²) in [5.41, 5.74) is 5.48. The first-order valence-electron chi connectivity index (χ1n) is 6.20. The van der Waals surface area contributed by atoms with E-state index in [2.05, 4.69) is 20.4 Å². The molecule has 0 saturated heterocycles. The summed E-state index contributed by atoms with van der Waals surface area (Å²) in [6.07, 6.45) is -4.78. The molecule has 0 unspecified atom stereocenters. The molecule has 2 amide bonds. The molecule has 2 rings (SSSR count). The highest BCUT2D eigenvalue weighted by molar-refractivity contribution is 7.22. The van der Waals surface area contributed by atoms with Crippen LogP contribution in [0.15, 0.2) is 18.2 Å². The number of carbonyl (C=O) groups excluding carboxylic acids is 2. The third kappa shape index (κ3) is 5.83. The van der Waals surface area contributed by atoms with Crippen LogP contribution in [-0.2, 0) is 9.59 Å². The molecule has 0 aliphatic carbocycles. The maximum atomic E-state index is 12.2. The van der Waals surface area contributed by atoms with Gasteiger partial charge in [-0.25, -0.2) is 4.98 Å². The molecular weight excluding hydrogens is 373 g/mol. The van der Waals surface area contributed by atoms with Gasteiger partial charge < -0.3 is 21.1 Å². The summed E-state index contributed by atoms with van der Waals surface area (Å²) in [5.74, 6) is -1.39. The fourth-order valence-corrected chi connectivity index (χ4v) is 2.48. The Hall–Kier alpha value is -2.11. The molecule has 0 fully saturated rings. The highest BCUT2D eigenvalue weighted by Gasteiger charge is 2.31. The van der Waals surface area contributed by atoms with Gasteiger partial charge in [-0.3, -0.25) is 9.59 Å². The number of fused-ring (bicyclic) bond motifs is 1. The Morgan fingerprint density at radius 2 is 2.00 bits per heavy atom. The van der Waals surface area contributed by atoms with Gasteiger partial charge in [0, 0.05) is 6.07 Å². The predicted molar refractivity (Wildman–Crippen MR) is 84.2 cm³/mol. The molecule has 0 saturated carbocycles. The van der Waals surface area contributed by atoms with Crippen molar-refractivity contribution in [3.05, 3.63) is 18.2 Å². The maximum absolute atomic E-state index is 12.2. The molecule has 0 radical (unpaired) electrons. The topological polar surface area (TPSA) is 106 Å². The smallest absolute Gasteiger partial charge is 0.406 e. The standard InChI is InChI=1S/C12H11F3N4O3S.ClH/c13-12(14,15)22-6-1-2-7-8(3-6)23-11(18-7)19-10(21)5-17-9(20)4-16;/h1-3H,4-5,16H2,(H,17,20)(H,18,19,21);1H. The fraction of sp³-hybridized carbons (Fsp3) is 0.250. The number of benzene rings is 1. The van der Waals surface area contributed by atoms with Gasteiger partial charge in [-0.15, -0.1) is 25.6 Å². The van der Waals surface area contributed by atoms with E-state index < -0.39 is 18.2 Å². The van der Waals surface area contributed by atoms with Crippen molar-refractivity contribution in [1.29, 1.82) is 0 Å². The second-order valence-corrected chi connectivity index (χ2v) is 5.26. The van der Waals surface area contributed by atoms with Crippen LogP contribution in [0.1, 0.15) is 0 Å². The summed E-state index contributed by atoms with van der Waals surface area (Å²) < 4.78 is 40.7. The van der Waals surface area contributed by atoms with Crippen LogP contribution < -0.4 is 21.1 Å².